The molecule has 1 saturated heterocycles. The molecular formula is C21H27N3O. The average molecular weight is 337 g/mol. The monoisotopic (exact) mass is 337 g/mol. The minimum atomic E-state index is 0.00507. The van der Waals surface area contributed by atoms with Crippen LogP contribution in [0.3, 0.4) is 0 Å². The van der Waals surface area contributed by atoms with Gasteiger partial charge in [0.2, 0.25) is 5.91 Å². The van der Waals surface area contributed by atoms with E-state index >= 15 is 0 Å². The Morgan fingerprint density at radius 2 is 1.96 bits per heavy atom. The van der Waals surface area contributed by atoms with Crippen molar-refractivity contribution in [3.63, 3.8) is 0 Å². The van der Waals surface area contributed by atoms with Crippen LogP contribution in [0.25, 0.3) is 11.1 Å². The Balaban J connectivity index is 1.55. The van der Waals surface area contributed by atoms with Gasteiger partial charge in [0.25, 0.3) is 0 Å². The van der Waals surface area contributed by atoms with Crippen LogP contribution in [0.4, 0.5) is 0 Å². The van der Waals surface area contributed by atoms with Gasteiger partial charge < -0.3 is 10.2 Å². The van der Waals surface area contributed by atoms with Crippen molar-refractivity contribution in [2.24, 2.45) is 0 Å². The van der Waals surface area contributed by atoms with E-state index in [9.17, 15) is 4.79 Å². The molecule has 4 nitrogen and oxygen atoms in total. The van der Waals surface area contributed by atoms with Gasteiger partial charge in [-0.15, -0.1) is 0 Å². The molecule has 0 spiro atoms. The van der Waals surface area contributed by atoms with E-state index in [1.165, 1.54) is 19.3 Å². The fourth-order valence-electron chi connectivity index (χ4n) is 3.36. The zero-order chi connectivity index (χ0) is 17.5. The van der Waals surface area contributed by atoms with Gasteiger partial charge in [0.15, 0.2) is 0 Å². The van der Waals surface area contributed by atoms with Crippen LogP contribution >= 0.6 is 0 Å². The van der Waals surface area contributed by atoms with Crippen LogP contribution in [0.2, 0.25) is 0 Å². The van der Waals surface area contributed by atoms with Crippen molar-refractivity contribution in [3.05, 3.63) is 54.4 Å². The van der Waals surface area contributed by atoms with Gasteiger partial charge in [-0.25, -0.2) is 0 Å². The topological polar surface area (TPSA) is 45.2 Å². The smallest absolute Gasteiger partial charge is 0.221 e. The maximum Gasteiger partial charge on any atom is 0.221 e. The number of hydrogen-bond donors (Lipinski definition) is 1. The summed E-state index contributed by atoms with van der Waals surface area (Å²) >= 11 is 0. The zero-order valence-corrected chi connectivity index (χ0v) is 14.9. The molecule has 2 aromatic rings. The molecule has 2 heterocycles. The number of benzene rings is 1. The molecule has 0 unspecified atom stereocenters. The third kappa shape index (κ3) is 5.13. The molecule has 1 aliphatic heterocycles. The molecule has 0 saturated carbocycles. The molecule has 1 N–H and O–H groups in total. The fraction of sp³-hybridized carbons (Fsp3) is 0.429. The molecule has 1 atom stereocenters. The molecule has 0 aliphatic carbocycles. The van der Waals surface area contributed by atoms with E-state index < -0.39 is 0 Å². The van der Waals surface area contributed by atoms with E-state index in [-0.39, 0.29) is 11.9 Å². The summed E-state index contributed by atoms with van der Waals surface area (Å²) in [7, 11) is 0. The number of carbonyl (C=O) groups is 1. The van der Waals surface area contributed by atoms with Crippen molar-refractivity contribution in [2.75, 3.05) is 19.6 Å². The average Bonchev–Trinajstić information content (AvgIpc) is 2.68. The van der Waals surface area contributed by atoms with Crippen LogP contribution < -0.4 is 5.32 Å². The number of hydrogen-bond acceptors (Lipinski definition) is 3. The number of pyridine rings is 1. The lowest BCUT2D eigenvalue weighted by molar-refractivity contribution is -0.122. The Hall–Kier alpha value is -2.20. The number of piperidine rings is 1. The van der Waals surface area contributed by atoms with Crippen molar-refractivity contribution < 1.29 is 4.79 Å². The quantitative estimate of drug-likeness (QED) is 0.872. The highest BCUT2D eigenvalue weighted by Gasteiger charge is 2.14. The van der Waals surface area contributed by atoms with Crippen molar-refractivity contribution in [1.29, 1.82) is 0 Å². The number of likely N-dealkylation sites (tertiary alicyclic amines) is 1. The van der Waals surface area contributed by atoms with E-state index in [0.29, 0.717) is 6.42 Å². The molecule has 1 fully saturated rings. The number of nitrogens with zero attached hydrogens (tertiary/aromatic N) is 2. The zero-order valence-electron chi connectivity index (χ0n) is 14.9. The summed E-state index contributed by atoms with van der Waals surface area (Å²) in [5, 5.41) is 3.13. The van der Waals surface area contributed by atoms with Gasteiger partial charge in [-0.3, -0.25) is 9.78 Å². The molecule has 1 aliphatic rings. The molecule has 0 radical (unpaired) electrons. The minimum absolute atomic E-state index is 0.00507. The molecular weight excluding hydrogens is 310 g/mol. The largest absolute Gasteiger partial charge is 0.350 e. The highest BCUT2D eigenvalue weighted by atomic mass is 16.1. The van der Waals surface area contributed by atoms with Crippen molar-refractivity contribution in [2.45, 2.75) is 38.6 Å². The summed E-state index contributed by atoms with van der Waals surface area (Å²) < 4.78 is 0. The standard InChI is InChI=1S/C21H27N3O/c1-17(23-21(25)10-14-24-12-3-2-4-13-24)18-7-5-8-19(15-18)20-9-6-11-22-16-20/h5-9,11,15-17H,2-4,10,12-14H2,1H3,(H,23,25)/t17-/m0/s1. The Morgan fingerprint density at radius 3 is 2.72 bits per heavy atom. The van der Waals surface area contributed by atoms with E-state index in [2.05, 4.69) is 33.4 Å². The van der Waals surface area contributed by atoms with Gasteiger partial charge in [0.05, 0.1) is 6.04 Å². The lowest BCUT2D eigenvalue weighted by Crippen LogP contribution is -2.35. The maximum atomic E-state index is 12.3. The highest BCUT2D eigenvalue weighted by Crippen LogP contribution is 2.22. The van der Waals surface area contributed by atoms with E-state index in [4.69, 9.17) is 0 Å². The van der Waals surface area contributed by atoms with Crippen molar-refractivity contribution in [1.82, 2.24) is 15.2 Å². The molecule has 1 amide bonds. The third-order valence-electron chi connectivity index (χ3n) is 4.86. The van der Waals surface area contributed by atoms with Gasteiger partial charge in [-0.1, -0.05) is 30.7 Å². The Bertz CT molecular complexity index is 681. The number of aromatic nitrogens is 1. The first-order valence-electron chi connectivity index (χ1n) is 9.24. The van der Waals surface area contributed by atoms with Crippen molar-refractivity contribution in [3.8, 4) is 11.1 Å². The first-order valence-corrected chi connectivity index (χ1v) is 9.24. The van der Waals surface area contributed by atoms with Crippen LogP contribution in [0, 0.1) is 0 Å². The van der Waals surface area contributed by atoms with Gasteiger partial charge >= 0.3 is 0 Å². The van der Waals surface area contributed by atoms with E-state index in [1.54, 1.807) is 6.20 Å². The number of nitrogens with one attached hydrogen (secondary N) is 1. The number of amides is 1. The van der Waals surface area contributed by atoms with Crippen LogP contribution in [-0.2, 0) is 4.79 Å². The van der Waals surface area contributed by atoms with E-state index in [0.717, 1.165) is 36.3 Å². The van der Waals surface area contributed by atoms with E-state index in [1.807, 2.05) is 31.3 Å². The molecule has 1 aromatic carbocycles. The second-order valence-electron chi connectivity index (χ2n) is 6.81. The summed E-state index contributed by atoms with van der Waals surface area (Å²) in [6.45, 7) is 5.18. The predicted molar refractivity (Wildman–Crippen MR) is 101 cm³/mol. The Labute approximate surface area is 150 Å². The number of carbonyl (C=O) groups excluding carboxylic acids is 1. The summed E-state index contributed by atoms with van der Waals surface area (Å²) in [6.07, 6.45) is 8.07. The summed E-state index contributed by atoms with van der Waals surface area (Å²) in [4.78, 5) is 18.9. The first-order chi connectivity index (χ1) is 12.2. The van der Waals surface area contributed by atoms with Gasteiger partial charge in [0.1, 0.15) is 0 Å². The molecule has 3 rings (SSSR count). The first kappa shape index (κ1) is 17.6. The molecule has 25 heavy (non-hydrogen) atoms. The normalized spacial score (nSPS) is 16.4. The van der Waals surface area contributed by atoms with Crippen LogP contribution in [0.5, 0.6) is 0 Å². The summed E-state index contributed by atoms with van der Waals surface area (Å²) in [5.41, 5.74) is 3.33. The second-order valence-corrected chi connectivity index (χ2v) is 6.81. The van der Waals surface area contributed by atoms with Gasteiger partial charge in [-0.2, -0.15) is 0 Å². The molecule has 4 heteroatoms. The minimum Gasteiger partial charge on any atom is -0.350 e. The van der Waals surface area contributed by atoms with Crippen LogP contribution in [0.1, 0.15) is 44.2 Å². The Morgan fingerprint density at radius 1 is 1.16 bits per heavy atom. The molecule has 132 valence electrons. The number of rotatable bonds is 6. The predicted octanol–water partition coefficient (Wildman–Crippen LogP) is 3.80. The summed E-state index contributed by atoms with van der Waals surface area (Å²) in [5.74, 6) is 0.129. The van der Waals surface area contributed by atoms with Gasteiger partial charge in [-0.05, 0) is 61.7 Å². The highest BCUT2D eigenvalue weighted by molar-refractivity contribution is 5.76. The molecule has 1 aromatic heterocycles. The fourth-order valence-corrected chi connectivity index (χ4v) is 3.36. The SMILES string of the molecule is C[C@H](NC(=O)CCN1CCCCC1)c1cccc(-c2cccnc2)c1. The van der Waals surface area contributed by atoms with Crippen LogP contribution in [0.15, 0.2) is 48.8 Å². The lowest BCUT2D eigenvalue weighted by atomic mass is 10.0. The van der Waals surface area contributed by atoms with Crippen molar-refractivity contribution >= 4 is 5.91 Å². The second kappa shape index (κ2) is 8.77. The van der Waals surface area contributed by atoms with Gasteiger partial charge in [0, 0.05) is 25.4 Å². The molecule has 0 bridgehead atoms. The summed E-state index contributed by atoms with van der Waals surface area (Å²) in [6, 6.07) is 12.3. The lowest BCUT2D eigenvalue weighted by Gasteiger charge is -2.26. The third-order valence-corrected chi connectivity index (χ3v) is 4.86. The van der Waals surface area contributed by atoms with Crippen LogP contribution in [-0.4, -0.2) is 35.4 Å². The maximum absolute atomic E-state index is 12.3. The Kier molecular flexibility index (Phi) is 6.18.